The summed E-state index contributed by atoms with van der Waals surface area (Å²) in [4.78, 5) is 14.0. The van der Waals surface area contributed by atoms with Crippen molar-refractivity contribution in [2.45, 2.75) is 12.8 Å². The van der Waals surface area contributed by atoms with E-state index in [9.17, 15) is 18.0 Å². The average Bonchev–Trinajstić information content (AvgIpc) is 2.22. The molecule has 1 rings (SSSR count). The van der Waals surface area contributed by atoms with Gasteiger partial charge in [0.15, 0.2) is 0 Å². The highest BCUT2D eigenvalue weighted by atomic mass is 35.5. The summed E-state index contributed by atoms with van der Waals surface area (Å²) >= 11 is 5.58. The van der Waals surface area contributed by atoms with Crippen LogP contribution in [0.4, 0.5) is 13.2 Å². The molecule has 0 aromatic carbocycles. The maximum atomic E-state index is 13.0. The van der Waals surface area contributed by atoms with Crippen molar-refractivity contribution in [2.24, 2.45) is 0 Å². The van der Waals surface area contributed by atoms with E-state index in [1.54, 1.807) is 0 Å². The van der Waals surface area contributed by atoms with Gasteiger partial charge in [0, 0.05) is 6.20 Å². The van der Waals surface area contributed by atoms with Gasteiger partial charge in [-0.2, -0.15) is 4.39 Å². The molecule has 1 aromatic heterocycles. The molecule has 0 fully saturated rings. The standard InChI is InChI=1S/C9H7ClF3NO2/c1-16-6(15)2-4-5(10)3-14-9(13)7(4)8(11)12/h3,8H,2H2,1H3. The quantitative estimate of drug-likeness (QED) is 0.614. The SMILES string of the molecule is COC(=O)Cc1c(Cl)cnc(F)c1C(F)F. The Labute approximate surface area is 94.2 Å². The van der Waals surface area contributed by atoms with Gasteiger partial charge in [-0.25, -0.2) is 13.8 Å². The van der Waals surface area contributed by atoms with Crippen LogP contribution in [0.2, 0.25) is 5.02 Å². The van der Waals surface area contributed by atoms with Crippen molar-refractivity contribution < 1.29 is 22.7 Å². The molecule has 0 amide bonds. The molecule has 88 valence electrons. The van der Waals surface area contributed by atoms with Gasteiger partial charge in [0.25, 0.3) is 6.43 Å². The summed E-state index contributed by atoms with van der Waals surface area (Å²) in [7, 11) is 1.09. The first-order chi connectivity index (χ1) is 7.47. The molecule has 7 heteroatoms. The van der Waals surface area contributed by atoms with Crippen LogP contribution in [0.3, 0.4) is 0 Å². The van der Waals surface area contributed by atoms with E-state index in [1.165, 1.54) is 0 Å². The van der Waals surface area contributed by atoms with Crippen LogP contribution < -0.4 is 0 Å². The number of hydrogen-bond donors (Lipinski definition) is 0. The number of rotatable bonds is 3. The Balaban J connectivity index is 3.23. The van der Waals surface area contributed by atoms with E-state index in [0.29, 0.717) is 0 Å². The van der Waals surface area contributed by atoms with Crippen molar-refractivity contribution in [3.63, 3.8) is 0 Å². The molecule has 0 saturated heterocycles. The van der Waals surface area contributed by atoms with Gasteiger partial charge in [-0.15, -0.1) is 0 Å². The second-order valence-electron chi connectivity index (χ2n) is 2.84. The molecule has 0 saturated carbocycles. The Hall–Kier alpha value is -1.30. The molecule has 0 atom stereocenters. The fourth-order valence-corrected chi connectivity index (χ4v) is 1.35. The van der Waals surface area contributed by atoms with Gasteiger partial charge in [-0.3, -0.25) is 4.79 Å². The van der Waals surface area contributed by atoms with Crippen molar-refractivity contribution in [2.75, 3.05) is 7.11 Å². The predicted octanol–water partition coefficient (Wildman–Crippen LogP) is 2.53. The Morgan fingerprint density at radius 2 is 2.25 bits per heavy atom. The zero-order chi connectivity index (χ0) is 12.3. The lowest BCUT2D eigenvalue weighted by atomic mass is 10.1. The first-order valence-corrected chi connectivity index (χ1v) is 4.53. The van der Waals surface area contributed by atoms with E-state index in [0.717, 1.165) is 13.3 Å². The van der Waals surface area contributed by atoms with Crippen LogP contribution in [0.5, 0.6) is 0 Å². The normalized spacial score (nSPS) is 10.6. The van der Waals surface area contributed by atoms with Gasteiger partial charge >= 0.3 is 5.97 Å². The van der Waals surface area contributed by atoms with Crippen LogP contribution in [0.25, 0.3) is 0 Å². The molecule has 0 radical (unpaired) electrons. The van der Waals surface area contributed by atoms with E-state index in [4.69, 9.17) is 11.6 Å². The van der Waals surface area contributed by atoms with Gasteiger partial charge in [-0.1, -0.05) is 11.6 Å². The third-order valence-corrected chi connectivity index (χ3v) is 2.22. The minimum Gasteiger partial charge on any atom is -0.469 e. The highest BCUT2D eigenvalue weighted by Gasteiger charge is 2.23. The fourth-order valence-electron chi connectivity index (χ4n) is 1.13. The minimum absolute atomic E-state index is 0.192. The molecule has 1 heterocycles. The van der Waals surface area contributed by atoms with Crippen molar-refractivity contribution in [3.05, 3.63) is 28.3 Å². The predicted molar refractivity (Wildman–Crippen MR) is 49.9 cm³/mol. The Bertz CT molecular complexity index is 412. The fraction of sp³-hybridized carbons (Fsp3) is 0.333. The summed E-state index contributed by atoms with van der Waals surface area (Å²) in [5.41, 5.74) is -1.26. The van der Waals surface area contributed by atoms with Gasteiger partial charge < -0.3 is 4.74 Å². The van der Waals surface area contributed by atoms with Gasteiger partial charge in [0.05, 0.1) is 24.1 Å². The zero-order valence-electron chi connectivity index (χ0n) is 8.14. The summed E-state index contributed by atoms with van der Waals surface area (Å²) in [5, 5.41) is -0.192. The Kier molecular flexibility index (Phi) is 4.12. The number of alkyl halides is 2. The number of hydrogen-bond acceptors (Lipinski definition) is 3. The number of ether oxygens (including phenoxy) is 1. The second-order valence-corrected chi connectivity index (χ2v) is 3.25. The molecule has 0 aliphatic carbocycles. The third-order valence-electron chi connectivity index (χ3n) is 1.89. The number of carbonyl (C=O) groups excluding carboxylic acids is 1. The highest BCUT2D eigenvalue weighted by molar-refractivity contribution is 6.31. The first-order valence-electron chi connectivity index (χ1n) is 4.15. The van der Waals surface area contributed by atoms with Gasteiger partial charge in [0.1, 0.15) is 0 Å². The monoisotopic (exact) mass is 253 g/mol. The number of aromatic nitrogens is 1. The molecular weight excluding hydrogens is 247 g/mol. The van der Waals surface area contributed by atoms with Crippen LogP contribution in [0, 0.1) is 5.95 Å². The molecule has 0 aliphatic heterocycles. The van der Waals surface area contributed by atoms with Crippen LogP contribution in [0.15, 0.2) is 6.20 Å². The van der Waals surface area contributed by atoms with E-state index in [1.807, 2.05) is 0 Å². The smallest absolute Gasteiger partial charge is 0.310 e. The zero-order valence-corrected chi connectivity index (χ0v) is 8.89. The number of nitrogens with zero attached hydrogens (tertiary/aromatic N) is 1. The summed E-state index contributed by atoms with van der Waals surface area (Å²) in [6.07, 6.45) is -2.74. The van der Waals surface area contributed by atoms with Crippen molar-refractivity contribution in [1.82, 2.24) is 4.98 Å². The highest BCUT2D eigenvalue weighted by Crippen LogP contribution is 2.30. The number of pyridine rings is 1. The van der Waals surface area contributed by atoms with Crippen LogP contribution >= 0.6 is 11.6 Å². The van der Waals surface area contributed by atoms with Crippen molar-refractivity contribution in [1.29, 1.82) is 0 Å². The van der Waals surface area contributed by atoms with Crippen LogP contribution in [-0.4, -0.2) is 18.1 Å². The lowest BCUT2D eigenvalue weighted by molar-refractivity contribution is -0.139. The van der Waals surface area contributed by atoms with Crippen LogP contribution in [0.1, 0.15) is 17.6 Å². The Morgan fingerprint density at radius 3 is 2.75 bits per heavy atom. The summed E-state index contributed by atoms with van der Waals surface area (Å²) in [6.45, 7) is 0. The minimum atomic E-state index is -3.09. The lowest BCUT2D eigenvalue weighted by Crippen LogP contribution is -2.10. The van der Waals surface area contributed by atoms with Crippen molar-refractivity contribution in [3.8, 4) is 0 Å². The molecule has 0 unspecified atom stereocenters. The largest absolute Gasteiger partial charge is 0.469 e. The number of esters is 1. The van der Waals surface area contributed by atoms with E-state index < -0.39 is 30.3 Å². The molecule has 1 aromatic rings. The van der Waals surface area contributed by atoms with E-state index in [-0.39, 0.29) is 10.6 Å². The van der Waals surface area contributed by atoms with Crippen molar-refractivity contribution >= 4 is 17.6 Å². The second kappa shape index (κ2) is 5.16. The number of carbonyl (C=O) groups is 1. The third kappa shape index (κ3) is 2.63. The number of halogens is 4. The molecule has 3 nitrogen and oxygen atoms in total. The summed E-state index contributed by atoms with van der Waals surface area (Å²) in [6, 6.07) is 0. The van der Waals surface area contributed by atoms with E-state index in [2.05, 4.69) is 9.72 Å². The summed E-state index contributed by atoms with van der Waals surface area (Å²) < 4.78 is 42.4. The molecule has 0 spiro atoms. The molecule has 0 bridgehead atoms. The average molecular weight is 254 g/mol. The molecule has 16 heavy (non-hydrogen) atoms. The van der Waals surface area contributed by atoms with Crippen LogP contribution in [-0.2, 0) is 16.0 Å². The topological polar surface area (TPSA) is 39.2 Å². The summed E-state index contributed by atoms with van der Waals surface area (Å²) in [5.74, 6) is -2.12. The first kappa shape index (κ1) is 12.8. The van der Waals surface area contributed by atoms with E-state index >= 15 is 0 Å². The maximum Gasteiger partial charge on any atom is 0.310 e. The number of methoxy groups -OCH3 is 1. The molecule has 0 aliphatic rings. The maximum absolute atomic E-state index is 13.0. The Morgan fingerprint density at radius 1 is 1.62 bits per heavy atom. The lowest BCUT2D eigenvalue weighted by Gasteiger charge is -2.09. The molecular formula is C9H7ClF3NO2. The molecule has 0 N–H and O–H groups in total. The van der Waals surface area contributed by atoms with Gasteiger partial charge in [-0.05, 0) is 5.56 Å². The van der Waals surface area contributed by atoms with Gasteiger partial charge in [0.2, 0.25) is 5.95 Å².